The number of phenols is 4. The molecule has 3 aromatic carbocycles. The van der Waals surface area contributed by atoms with Gasteiger partial charge in [0.15, 0.2) is 29.7 Å². The fourth-order valence-corrected chi connectivity index (χ4v) is 7.29. The highest BCUT2D eigenvalue weighted by Gasteiger charge is 2.52. The number of rotatable bonds is 13. The van der Waals surface area contributed by atoms with E-state index in [1.54, 1.807) is 0 Å². The van der Waals surface area contributed by atoms with Gasteiger partial charge in [-0.2, -0.15) is 0 Å². The van der Waals surface area contributed by atoms with Crippen LogP contribution in [0.1, 0.15) is 5.56 Å². The average molecular weight is 935 g/mol. The highest BCUT2D eigenvalue weighted by Crippen LogP contribution is 2.39. The first-order chi connectivity index (χ1) is 31.4. The molecule has 7 rings (SSSR count). The van der Waals surface area contributed by atoms with Crippen LogP contribution >= 0.6 is 0 Å². The Morgan fingerprint density at radius 3 is 1.88 bits per heavy atom. The van der Waals surface area contributed by atoms with Crippen molar-refractivity contribution in [2.45, 2.75) is 92.1 Å². The van der Waals surface area contributed by atoms with Crippen LogP contribution in [0.25, 0.3) is 28.4 Å². The summed E-state index contributed by atoms with van der Waals surface area (Å²) < 4.78 is 45.4. The van der Waals surface area contributed by atoms with E-state index < -0.39 is 163 Å². The second-order valence-corrected chi connectivity index (χ2v) is 15.4. The number of hydrogen-bond donors (Lipinski definition) is 14. The van der Waals surface area contributed by atoms with Crippen LogP contribution in [0.4, 0.5) is 0 Å². The molecule has 66 heavy (non-hydrogen) atoms. The van der Waals surface area contributed by atoms with Crippen LogP contribution in [0, 0.1) is 0 Å². The van der Waals surface area contributed by atoms with Crippen LogP contribution in [0.3, 0.4) is 0 Å². The van der Waals surface area contributed by atoms with Crippen molar-refractivity contribution in [3.8, 4) is 45.8 Å². The van der Waals surface area contributed by atoms with Crippen molar-refractivity contribution in [2.24, 2.45) is 0 Å². The van der Waals surface area contributed by atoms with Crippen LogP contribution in [0.15, 0.2) is 69.9 Å². The summed E-state index contributed by atoms with van der Waals surface area (Å²) in [6.07, 6.45) is -25.8. The quantitative estimate of drug-likeness (QED) is 0.0355. The zero-order chi connectivity index (χ0) is 47.7. The normalized spacial score (nSPS) is 32.6. The Bertz CT molecular complexity index is 2420. The molecule has 14 N–H and O–H groups in total. The molecule has 1 aromatic heterocycles. The summed E-state index contributed by atoms with van der Waals surface area (Å²) in [7, 11) is 0. The van der Waals surface area contributed by atoms with E-state index in [-0.39, 0.29) is 17.1 Å². The predicted octanol–water partition coefficient (Wildman–Crippen LogP) is -3.27. The third kappa shape index (κ3) is 9.87. The molecule has 358 valence electrons. The maximum atomic E-state index is 14.4. The molecule has 4 aromatic rings. The van der Waals surface area contributed by atoms with E-state index in [2.05, 4.69) is 0 Å². The van der Waals surface area contributed by atoms with E-state index in [4.69, 9.17) is 37.6 Å². The number of fused-ring (bicyclic) bond motifs is 1. The summed E-state index contributed by atoms with van der Waals surface area (Å²) in [5, 5.41) is 145. The molecule has 3 saturated heterocycles. The maximum Gasteiger partial charge on any atom is 0.330 e. The van der Waals surface area contributed by atoms with Gasteiger partial charge < -0.3 is 109 Å². The van der Waals surface area contributed by atoms with E-state index in [0.29, 0.717) is 5.56 Å². The molecule has 4 heterocycles. The molecule has 3 aliphatic rings. The Kier molecular flexibility index (Phi) is 14.7. The van der Waals surface area contributed by atoms with Crippen molar-refractivity contribution in [2.75, 3.05) is 19.8 Å². The molecule has 0 amide bonds. The van der Waals surface area contributed by atoms with Crippen molar-refractivity contribution < 1.29 is 114 Å². The van der Waals surface area contributed by atoms with Crippen molar-refractivity contribution in [3.05, 3.63) is 76.5 Å². The SMILES string of the molecule is O=C(C=Cc1ccc(O)c(O)c1)OC[C@@H]1O[C@@H](O[C@H]2[C@H](Oc3c(-c4ccc(O)cc4)oc4cc(O[C@@H]5O[C@H](CO)[C@@H](O)[C@H](O)[C@H]5O)cc(O)c4c3=O)O[C@H](CO)[C@@H](O)[C@@H]2O)[C@H](O)[C@@H](O)[C@@H]1O. The molecular formula is C42H46O24. The topological polar surface area (TPSA) is 395 Å². The van der Waals surface area contributed by atoms with Crippen LogP contribution in [0.2, 0.25) is 0 Å². The molecule has 0 aliphatic carbocycles. The van der Waals surface area contributed by atoms with Gasteiger partial charge in [0.1, 0.15) is 102 Å². The lowest BCUT2D eigenvalue weighted by atomic mass is 9.97. The summed E-state index contributed by atoms with van der Waals surface area (Å²) in [6.45, 7) is -2.48. The van der Waals surface area contributed by atoms with Gasteiger partial charge in [-0.3, -0.25) is 4.79 Å². The number of hydrogen-bond acceptors (Lipinski definition) is 24. The Balaban J connectivity index is 1.18. The van der Waals surface area contributed by atoms with Gasteiger partial charge in [0.2, 0.25) is 23.8 Å². The van der Waals surface area contributed by atoms with Crippen LogP contribution < -0.4 is 14.9 Å². The van der Waals surface area contributed by atoms with Gasteiger partial charge in [0.25, 0.3) is 0 Å². The summed E-state index contributed by atoms with van der Waals surface area (Å²) in [6, 6.07) is 10.6. The lowest BCUT2D eigenvalue weighted by Gasteiger charge is -2.45. The summed E-state index contributed by atoms with van der Waals surface area (Å²) >= 11 is 0. The van der Waals surface area contributed by atoms with Crippen LogP contribution in [-0.4, -0.2) is 189 Å². The van der Waals surface area contributed by atoms with Gasteiger partial charge >= 0.3 is 5.97 Å². The summed E-state index contributed by atoms with van der Waals surface area (Å²) in [4.78, 5) is 26.9. The molecule has 24 nitrogen and oxygen atoms in total. The number of phenolic OH excluding ortho intramolecular Hbond substituents is 4. The van der Waals surface area contributed by atoms with E-state index in [1.807, 2.05) is 0 Å². The Morgan fingerprint density at radius 1 is 0.621 bits per heavy atom. The molecular weight excluding hydrogens is 888 g/mol. The summed E-state index contributed by atoms with van der Waals surface area (Å²) in [5.41, 5.74) is -1.21. The Morgan fingerprint density at radius 2 is 1.23 bits per heavy atom. The van der Waals surface area contributed by atoms with Crippen molar-refractivity contribution >= 4 is 23.0 Å². The average Bonchev–Trinajstić information content (AvgIpc) is 3.29. The molecule has 0 unspecified atom stereocenters. The molecule has 15 atom stereocenters. The molecule has 0 saturated carbocycles. The maximum absolute atomic E-state index is 14.4. The van der Waals surface area contributed by atoms with E-state index in [1.165, 1.54) is 42.5 Å². The number of aliphatic hydroxyl groups excluding tert-OH is 10. The van der Waals surface area contributed by atoms with Gasteiger partial charge in [0.05, 0.1) is 13.2 Å². The zero-order valence-electron chi connectivity index (χ0n) is 34.0. The van der Waals surface area contributed by atoms with Crippen LogP contribution in [0.5, 0.6) is 34.5 Å². The number of aliphatic hydroxyl groups is 10. The van der Waals surface area contributed by atoms with Gasteiger partial charge in [-0.25, -0.2) is 4.79 Å². The number of esters is 1. The second kappa shape index (κ2) is 20.0. The lowest BCUT2D eigenvalue weighted by Crippen LogP contribution is -2.65. The third-order valence-electron chi connectivity index (χ3n) is 11.0. The standard InChI is InChI=1S/C42H46O24/c43-12-23-28(50)32(54)35(57)40(62-23)60-18-10-21(48)27-22(11-18)61-37(16-3-5-17(45)6-4-16)38(31(27)53)65-42-39(34(56)29(51)24(13-44)63-42)66-41-36(58)33(55)30(52)25(64-41)14-59-26(49)8-2-15-1-7-19(46)20(47)9-15/h1-11,23-25,28-30,32-36,39-48,50-52,54-58H,12-14H2/t23-,24-,25+,28-,29-,30-,32+,33+,34+,35-,36-,39-,40-,41+,42+/m1/s1. The number of carbonyl (C=O) groups is 1. The predicted molar refractivity (Wildman–Crippen MR) is 215 cm³/mol. The lowest BCUT2D eigenvalue weighted by molar-refractivity contribution is -0.358. The molecule has 0 spiro atoms. The van der Waals surface area contributed by atoms with Gasteiger partial charge in [-0.05, 0) is 48.0 Å². The van der Waals surface area contributed by atoms with Crippen LogP contribution in [-0.2, 0) is 28.5 Å². The van der Waals surface area contributed by atoms with Gasteiger partial charge in [-0.1, -0.05) is 6.07 Å². The largest absolute Gasteiger partial charge is 0.508 e. The third-order valence-corrected chi connectivity index (χ3v) is 11.0. The molecule has 0 bridgehead atoms. The molecule has 3 fully saturated rings. The van der Waals surface area contributed by atoms with E-state index in [0.717, 1.165) is 24.3 Å². The fourth-order valence-electron chi connectivity index (χ4n) is 7.29. The fraction of sp³-hybridized carbons (Fsp3) is 0.429. The first-order valence-electron chi connectivity index (χ1n) is 20.0. The Hall–Kier alpha value is -5.68. The number of carbonyl (C=O) groups excluding carboxylic acids is 1. The highest BCUT2D eigenvalue weighted by molar-refractivity contribution is 5.88. The highest BCUT2D eigenvalue weighted by atomic mass is 16.8. The summed E-state index contributed by atoms with van der Waals surface area (Å²) in [5.74, 6) is -4.43. The zero-order valence-corrected chi connectivity index (χ0v) is 34.0. The molecule has 24 heteroatoms. The smallest absolute Gasteiger partial charge is 0.330 e. The van der Waals surface area contributed by atoms with E-state index >= 15 is 0 Å². The Labute approximate surface area is 370 Å². The number of ether oxygens (including phenoxy) is 7. The second-order valence-electron chi connectivity index (χ2n) is 15.4. The number of aromatic hydroxyl groups is 4. The monoisotopic (exact) mass is 934 g/mol. The minimum absolute atomic E-state index is 0.0331. The van der Waals surface area contributed by atoms with Gasteiger partial charge in [0, 0.05) is 23.8 Å². The van der Waals surface area contributed by atoms with Crippen molar-refractivity contribution in [3.63, 3.8) is 0 Å². The first-order valence-corrected chi connectivity index (χ1v) is 20.0. The molecule has 3 aliphatic heterocycles. The minimum atomic E-state index is -2.11. The molecule has 0 radical (unpaired) electrons. The number of benzene rings is 3. The van der Waals surface area contributed by atoms with Gasteiger partial charge in [-0.15, -0.1) is 0 Å². The van der Waals surface area contributed by atoms with E-state index in [9.17, 15) is 81.1 Å². The van der Waals surface area contributed by atoms with Crippen molar-refractivity contribution in [1.29, 1.82) is 0 Å². The van der Waals surface area contributed by atoms with Crippen molar-refractivity contribution in [1.82, 2.24) is 0 Å². The minimum Gasteiger partial charge on any atom is -0.508 e. The first kappa shape index (κ1) is 48.3.